The third-order valence-corrected chi connectivity index (χ3v) is 5.73. The summed E-state index contributed by atoms with van der Waals surface area (Å²) >= 11 is 0. The number of nitrogens with zero attached hydrogens (tertiary/aromatic N) is 2. The number of anilines is 1. The molecule has 5 nitrogen and oxygen atoms in total. The van der Waals surface area contributed by atoms with Crippen molar-refractivity contribution in [3.05, 3.63) is 116 Å². The molecule has 0 bridgehead atoms. The van der Waals surface area contributed by atoms with Crippen molar-refractivity contribution in [2.24, 2.45) is 7.05 Å². The van der Waals surface area contributed by atoms with E-state index in [1.807, 2.05) is 89.5 Å². The van der Waals surface area contributed by atoms with E-state index >= 15 is 0 Å². The highest BCUT2D eigenvalue weighted by molar-refractivity contribution is 5.64. The van der Waals surface area contributed by atoms with E-state index < -0.39 is 0 Å². The standard InChI is InChI=1S/C18H22N2.C13H20N2O.2C3H8.C2H6.CH3F/c1-6-8-9-17(7-2)19-15(5)20-18-12-10-16(11-13-18)14(3)4;1-10-8-15(9-11(2)16-10)12(3)13-6-5-7-14(13)4;2*1-3-2;2*1-2/h6-13,19-20H,1,3,5H2,2,4H3;5-7,10-11H,3,8-9H2,1-2,4H3;2*3H2,1-2H3;1-2H3;1H3/b9-8-,17-7+;;;;;/t;10-,11+;;;;. The molecule has 0 spiro atoms. The van der Waals surface area contributed by atoms with Crippen LogP contribution in [0.1, 0.15) is 93.3 Å². The Balaban J connectivity index is -0.000000634. The topological polar surface area (TPSA) is 41.5 Å². The maximum Gasteiger partial charge on any atom is 0.100 e. The predicted molar refractivity (Wildman–Crippen MR) is 206 cm³/mol. The van der Waals surface area contributed by atoms with Crippen LogP contribution in [0.5, 0.6) is 0 Å². The van der Waals surface area contributed by atoms with Crippen molar-refractivity contribution in [1.29, 1.82) is 0 Å². The van der Waals surface area contributed by atoms with Gasteiger partial charge in [-0.05, 0) is 63.6 Å². The van der Waals surface area contributed by atoms with Crippen molar-refractivity contribution < 1.29 is 9.13 Å². The highest BCUT2D eigenvalue weighted by atomic mass is 19.1. The Morgan fingerprint density at radius 2 is 1.46 bits per heavy atom. The summed E-state index contributed by atoms with van der Waals surface area (Å²) in [6.07, 6.45) is 12.6. The Hall–Kier alpha value is -3.77. The van der Waals surface area contributed by atoms with Gasteiger partial charge < -0.3 is 24.8 Å². The minimum Gasteiger partial charge on any atom is -0.372 e. The molecule has 2 atom stereocenters. The molecule has 1 aliphatic rings. The molecule has 1 aromatic carbocycles. The van der Waals surface area contributed by atoms with Gasteiger partial charge in [0.05, 0.1) is 30.8 Å². The summed E-state index contributed by atoms with van der Waals surface area (Å²) in [7, 11) is 2.55. The van der Waals surface area contributed by atoms with Crippen LogP contribution in [0, 0.1) is 0 Å². The van der Waals surface area contributed by atoms with Crippen LogP contribution in [0.4, 0.5) is 10.1 Å². The predicted octanol–water partition coefficient (Wildman–Crippen LogP) is 11.4. The Kier molecular flexibility index (Phi) is 30.3. The van der Waals surface area contributed by atoms with Crippen LogP contribution in [0.3, 0.4) is 0 Å². The molecule has 2 heterocycles. The SMILES string of the molecule is C=C(c1cccn1C)N1C[C@@H](C)O[C@@H](C)C1.C=C/C=C\C(=C/C)NC(=C)Nc1ccc(C(=C)C)cc1.CC.CCC.CCC.CF. The van der Waals surface area contributed by atoms with Crippen molar-refractivity contribution >= 4 is 17.0 Å². The summed E-state index contributed by atoms with van der Waals surface area (Å²) in [5.74, 6) is 0.717. The molecular weight excluding hydrogens is 571 g/mol. The highest BCUT2D eigenvalue weighted by Gasteiger charge is 2.24. The lowest BCUT2D eigenvalue weighted by Gasteiger charge is -2.37. The van der Waals surface area contributed by atoms with Crippen LogP contribution in [0.15, 0.2) is 105 Å². The number of hydrogen-bond donors (Lipinski definition) is 2. The molecule has 1 aliphatic heterocycles. The number of morpholine rings is 1. The fourth-order valence-electron chi connectivity index (χ4n) is 3.92. The smallest absolute Gasteiger partial charge is 0.100 e. The van der Waals surface area contributed by atoms with Gasteiger partial charge in [-0.3, -0.25) is 4.39 Å². The van der Waals surface area contributed by atoms with Gasteiger partial charge >= 0.3 is 0 Å². The maximum atomic E-state index is 9.50. The van der Waals surface area contributed by atoms with E-state index in [1.165, 1.54) is 18.5 Å². The fourth-order valence-corrected chi connectivity index (χ4v) is 3.92. The monoisotopic (exact) mass is 639 g/mol. The number of ether oxygens (including phenoxy) is 1. The Morgan fingerprint density at radius 3 is 1.85 bits per heavy atom. The van der Waals surface area contributed by atoms with Gasteiger partial charge in [-0.2, -0.15) is 0 Å². The van der Waals surface area contributed by atoms with Gasteiger partial charge in [-0.1, -0.05) is 117 Å². The zero-order chi connectivity index (χ0) is 36.1. The van der Waals surface area contributed by atoms with Gasteiger partial charge in [-0.25, -0.2) is 0 Å². The quantitative estimate of drug-likeness (QED) is 0.268. The molecule has 0 aliphatic carbocycles. The lowest BCUT2D eigenvalue weighted by atomic mass is 10.1. The van der Waals surface area contributed by atoms with E-state index in [0.717, 1.165) is 47.1 Å². The van der Waals surface area contributed by atoms with Crippen LogP contribution in [-0.2, 0) is 11.8 Å². The minimum atomic E-state index is 0.278. The molecule has 1 aromatic heterocycles. The van der Waals surface area contributed by atoms with Crippen LogP contribution in [0.25, 0.3) is 11.3 Å². The highest BCUT2D eigenvalue weighted by Crippen LogP contribution is 2.22. The van der Waals surface area contributed by atoms with E-state index in [1.54, 1.807) is 6.08 Å². The lowest BCUT2D eigenvalue weighted by Crippen LogP contribution is -2.44. The first-order valence-electron chi connectivity index (χ1n) is 16.5. The van der Waals surface area contributed by atoms with Crippen molar-refractivity contribution in [3.8, 4) is 0 Å². The number of benzene rings is 1. The van der Waals surface area contributed by atoms with Crippen molar-refractivity contribution in [2.75, 3.05) is 25.6 Å². The number of hydrogen-bond acceptors (Lipinski definition) is 4. The van der Waals surface area contributed by atoms with E-state index in [0.29, 0.717) is 7.18 Å². The molecule has 260 valence electrons. The molecule has 3 rings (SSSR count). The van der Waals surface area contributed by atoms with E-state index in [2.05, 4.69) is 94.0 Å². The average Bonchev–Trinajstić information content (AvgIpc) is 3.47. The molecule has 1 saturated heterocycles. The first-order valence-corrected chi connectivity index (χ1v) is 16.5. The molecule has 46 heavy (non-hydrogen) atoms. The van der Waals surface area contributed by atoms with E-state index in [-0.39, 0.29) is 12.2 Å². The summed E-state index contributed by atoms with van der Waals surface area (Å²) in [6.45, 7) is 38.3. The Morgan fingerprint density at radius 1 is 0.957 bits per heavy atom. The molecule has 1 fully saturated rings. The molecular formula is C40H67FN4O. The minimum absolute atomic E-state index is 0.278. The Labute approximate surface area is 283 Å². The summed E-state index contributed by atoms with van der Waals surface area (Å²) in [5, 5.41) is 6.40. The first-order chi connectivity index (χ1) is 22.0. The average molecular weight is 639 g/mol. The summed E-state index contributed by atoms with van der Waals surface area (Å²) < 4.78 is 17.3. The van der Waals surface area contributed by atoms with Crippen molar-refractivity contribution in [1.82, 2.24) is 14.8 Å². The lowest BCUT2D eigenvalue weighted by molar-refractivity contribution is -0.0509. The van der Waals surface area contributed by atoms with Gasteiger partial charge in [-0.15, -0.1) is 0 Å². The molecule has 6 heteroatoms. The number of nitrogens with one attached hydrogen (secondary N) is 2. The zero-order valence-electron chi connectivity index (χ0n) is 31.3. The van der Waals surface area contributed by atoms with Crippen LogP contribution < -0.4 is 10.6 Å². The maximum absolute atomic E-state index is 9.50. The zero-order valence-corrected chi connectivity index (χ0v) is 31.3. The van der Waals surface area contributed by atoms with Crippen LogP contribution in [-0.4, -0.2) is 41.9 Å². The normalized spacial score (nSPS) is 14.9. The molecule has 0 unspecified atom stereocenters. The van der Waals surface area contributed by atoms with E-state index in [9.17, 15) is 4.39 Å². The van der Waals surface area contributed by atoms with Gasteiger partial charge in [0.2, 0.25) is 0 Å². The number of halogens is 1. The van der Waals surface area contributed by atoms with Gasteiger partial charge in [0, 0.05) is 37.7 Å². The number of alkyl halides is 1. The Bertz CT molecular complexity index is 1130. The third kappa shape index (κ3) is 21.1. The molecule has 0 saturated carbocycles. The fraction of sp³-hybridized carbons (Fsp3) is 0.450. The largest absolute Gasteiger partial charge is 0.372 e. The van der Waals surface area contributed by atoms with E-state index in [4.69, 9.17) is 4.74 Å². The van der Waals surface area contributed by atoms with Crippen LogP contribution >= 0.6 is 0 Å². The number of allylic oxidation sites excluding steroid dienone is 5. The second kappa shape index (κ2) is 29.9. The number of aromatic nitrogens is 1. The van der Waals surface area contributed by atoms with Crippen molar-refractivity contribution in [2.45, 2.75) is 94.3 Å². The summed E-state index contributed by atoms with van der Waals surface area (Å²) in [6, 6.07) is 12.2. The second-order valence-corrected chi connectivity index (χ2v) is 10.5. The van der Waals surface area contributed by atoms with Crippen molar-refractivity contribution in [3.63, 3.8) is 0 Å². The molecule has 2 N–H and O–H groups in total. The van der Waals surface area contributed by atoms with Gasteiger partial charge in [0.25, 0.3) is 0 Å². The third-order valence-electron chi connectivity index (χ3n) is 5.73. The molecule has 0 amide bonds. The number of rotatable bonds is 9. The molecule has 2 aromatic rings. The van der Waals surface area contributed by atoms with Gasteiger partial charge in [0.15, 0.2) is 0 Å². The molecule has 0 radical (unpaired) electrons. The summed E-state index contributed by atoms with van der Waals surface area (Å²) in [4.78, 5) is 2.31. The van der Waals surface area contributed by atoms with Crippen LogP contribution in [0.2, 0.25) is 0 Å². The van der Waals surface area contributed by atoms with Gasteiger partial charge in [0.1, 0.15) is 5.82 Å². The summed E-state index contributed by atoms with van der Waals surface area (Å²) in [5.41, 5.74) is 6.41. The number of aryl methyl sites for hydroxylation is 1. The second-order valence-electron chi connectivity index (χ2n) is 10.5. The first kappa shape index (κ1) is 46.6.